The molecule has 4 atom stereocenters. The van der Waals surface area contributed by atoms with Crippen LogP contribution in [0.3, 0.4) is 0 Å². The third kappa shape index (κ3) is 4.07. The monoisotopic (exact) mass is 431 g/mol. The SMILES string of the molecule is CC=N[C@@]1(COP(=O)(CCC)OC)CC2(CCS2)[C@H](n2ccc(=O)[nH]c2=O)O1. The van der Waals surface area contributed by atoms with Crippen LogP contribution in [0.2, 0.25) is 0 Å². The number of aliphatic imine (C=N–C) groups is 1. The third-order valence-corrected chi connectivity index (χ3v) is 8.61. The number of rotatable bonds is 8. The molecule has 2 unspecified atom stereocenters. The van der Waals surface area contributed by atoms with Gasteiger partial charge in [0.2, 0.25) is 0 Å². The maximum atomic E-state index is 12.7. The lowest BCUT2D eigenvalue weighted by Crippen LogP contribution is -2.44. The minimum absolute atomic E-state index is 0.0423. The Morgan fingerprint density at radius 3 is 2.82 bits per heavy atom. The van der Waals surface area contributed by atoms with Gasteiger partial charge in [0.15, 0.2) is 12.0 Å². The molecule has 1 aromatic rings. The van der Waals surface area contributed by atoms with Crippen molar-refractivity contribution in [3.8, 4) is 0 Å². The summed E-state index contributed by atoms with van der Waals surface area (Å²) in [5.74, 6) is 0.942. The van der Waals surface area contributed by atoms with Crippen LogP contribution >= 0.6 is 19.4 Å². The highest BCUT2D eigenvalue weighted by Gasteiger charge is 2.61. The van der Waals surface area contributed by atoms with Crippen LogP contribution in [-0.4, -0.2) is 51.9 Å². The van der Waals surface area contributed by atoms with Gasteiger partial charge in [-0.25, -0.2) is 4.79 Å². The summed E-state index contributed by atoms with van der Waals surface area (Å²) >= 11 is 1.70. The first kappa shape index (κ1) is 21.5. The second kappa shape index (κ2) is 8.28. The van der Waals surface area contributed by atoms with Crippen molar-refractivity contribution in [1.29, 1.82) is 0 Å². The maximum absolute atomic E-state index is 12.7. The first-order valence-electron chi connectivity index (χ1n) is 9.23. The third-order valence-electron chi connectivity index (χ3n) is 5.00. The Morgan fingerprint density at radius 1 is 1.54 bits per heavy atom. The average molecular weight is 431 g/mol. The lowest BCUT2D eigenvalue weighted by atomic mass is 9.95. The van der Waals surface area contributed by atoms with Crippen LogP contribution in [0.1, 0.15) is 39.3 Å². The van der Waals surface area contributed by atoms with E-state index in [1.165, 1.54) is 23.9 Å². The summed E-state index contributed by atoms with van der Waals surface area (Å²) in [6.45, 7) is 3.63. The number of hydrogen-bond donors (Lipinski definition) is 1. The molecule has 0 aliphatic carbocycles. The van der Waals surface area contributed by atoms with Crippen LogP contribution < -0.4 is 11.2 Å². The molecule has 28 heavy (non-hydrogen) atoms. The van der Waals surface area contributed by atoms with Crippen molar-refractivity contribution in [2.24, 2.45) is 4.99 Å². The summed E-state index contributed by atoms with van der Waals surface area (Å²) in [5, 5.41) is 0. The van der Waals surface area contributed by atoms with Crippen LogP contribution in [0.5, 0.6) is 0 Å². The smallest absolute Gasteiger partial charge is 0.326 e. The Hall–Kier alpha value is -1.19. The van der Waals surface area contributed by atoms with Crippen LogP contribution in [0.4, 0.5) is 0 Å². The number of hydrogen-bond acceptors (Lipinski definition) is 8. The summed E-state index contributed by atoms with van der Waals surface area (Å²) in [4.78, 5) is 30.6. The van der Waals surface area contributed by atoms with Crippen LogP contribution in [-0.2, 0) is 18.3 Å². The zero-order valence-corrected chi connectivity index (χ0v) is 18.0. The molecule has 1 aromatic heterocycles. The van der Waals surface area contributed by atoms with Gasteiger partial charge in [-0.2, -0.15) is 11.8 Å². The van der Waals surface area contributed by atoms with Crippen molar-refractivity contribution in [2.75, 3.05) is 25.6 Å². The fraction of sp³-hybridized carbons (Fsp3) is 0.706. The first-order valence-corrected chi connectivity index (χ1v) is 11.9. The molecule has 2 aliphatic heterocycles. The van der Waals surface area contributed by atoms with Gasteiger partial charge in [-0.05, 0) is 31.7 Å². The molecule has 9 nitrogen and oxygen atoms in total. The van der Waals surface area contributed by atoms with E-state index >= 15 is 0 Å². The van der Waals surface area contributed by atoms with Crippen LogP contribution in [0.15, 0.2) is 26.8 Å². The predicted octanol–water partition coefficient (Wildman–Crippen LogP) is 2.38. The Morgan fingerprint density at radius 2 is 2.29 bits per heavy atom. The highest BCUT2D eigenvalue weighted by atomic mass is 32.2. The summed E-state index contributed by atoms with van der Waals surface area (Å²) < 4.78 is 30.9. The van der Waals surface area contributed by atoms with Crippen molar-refractivity contribution in [3.63, 3.8) is 0 Å². The minimum Gasteiger partial charge on any atom is -0.326 e. The molecule has 3 heterocycles. The predicted molar refractivity (Wildman–Crippen MR) is 108 cm³/mol. The fourth-order valence-electron chi connectivity index (χ4n) is 3.65. The Labute approximate surface area is 167 Å². The lowest BCUT2D eigenvalue weighted by molar-refractivity contribution is -0.0940. The van der Waals surface area contributed by atoms with Gasteiger partial charge in [0.05, 0.1) is 4.75 Å². The van der Waals surface area contributed by atoms with E-state index in [9.17, 15) is 14.2 Å². The zero-order chi connectivity index (χ0) is 20.4. The number of nitrogens with one attached hydrogen (secondary N) is 1. The van der Waals surface area contributed by atoms with E-state index in [0.717, 1.165) is 12.2 Å². The van der Waals surface area contributed by atoms with Gasteiger partial charge in [-0.3, -0.25) is 23.9 Å². The number of ether oxygens (including phenoxy) is 1. The Balaban J connectivity index is 1.92. The van der Waals surface area contributed by atoms with E-state index in [0.29, 0.717) is 19.0 Å². The van der Waals surface area contributed by atoms with Gasteiger partial charge < -0.3 is 13.8 Å². The zero-order valence-electron chi connectivity index (χ0n) is 16.3. The molecular weight excluding hydrogens is 405 g/mol. The molecule has 2 fully saturated rings. The second-order valence-corrected chi connectivity index (χ2v) is 10.8. The van der Waals surface area contributed by atoms with Gasteiger partial charge >= 0.3 is 13.3 Å². The maximum Gasteiger partial charge on any atom is 0.330 e. The molecule has 1 spiro atoms. The second-order valence-electron chi connectivity index (χ2n) is 6.95. The minimum atomic E-state index is -3.24. The van der Waals surface area contributed by atoms with Gasteiger partial charge in [0.25, 0.3) is 5.56 Å². The van der Waals surface area contributed by atoms with Gasteiger partial charge in [0, 0.05) is 32.0 Å². The van der Waals surface area contributed by atoms with Gasteiger partial charge in [-0.1, -0.05) is 6.92 Å². The quantitative estimate of drug-likeness (QED) is 0.497. The average Bonchev–Trinajstić information content (AvgIpc) is 2.97. The molecule has 0 saturated carbocycles. The summed E-state index contributed by atoms with van der Waals surface area (Å²) in [6, 6.07) is 1.29. The number of aromatic amines is 1. The van der Waals surface area contributed by atoms with E-state index in [1.54, 1.807) is 24.9 Å². The molecule has 2 saturated heterocycles. The van der Waals surface area contributed by atoms with Crippen LogP contribution in [0.25, 0.3) is 0 Å². The highest BCUT2D eigenvalue weighted by molar-refractivity contribution is 8.02. The van der Waals surface area contributed by atoms with E-state index in [2.05, 4.69) is 9.98 Å². The molecular formula is C17H26N3O6PS. The van der Waals surface area contributed by atoms with E-state index in [-0.39, 0.29) is 11.4 Å². The van der Waals surface area contributed by atoms with Crippen molar-refractivity contribution in [1.82, 2.24) is 9.55 Å². The van der Waals surface area contributed by atoms with Crippen molar-refractivity contribution in [2.45, 2.75) is 49.8 Å². The van der Waals surface area contributed by atoms with Gasteiger partial charge in [0.1, 0.15) is 6.61 Å². The number of H-pyrrole nitrogens is 1. The van der Waals surface area contributed by atoms with Gasteiger partial charge in [-0.15, -0.1) is 0 Å². The molecule has 156 valence electrons. The summed E-state index contributed by atoms with van der Waals surface area (Å²) in [7, 11) is -1.87. The normalized spacial score (nSPS) is 31.9. The van der Waals surface area contributed by atoms with Crippen LogP contribution in [0, 0.1) is 0 Å². The van der Waals surface area contributed by atoms with E-state index in [4.69, 9.17) is 13.8 Å². The lowest BCUT2D eigenvalue weighted by Gasteiger charge is -2.41. The number of nitrogens with zero attached hydrogens (tertiary/aromatic N) is 2. The highest BCUT2D eigenvalue weighted by Crippen LogP contribution is 2.60. The molecule has 11 heteroatoms. The van der Waals surface area contributed by atoms with Crippen molar-refractivity contribution >= 4 is 25.6 Å². The molecule has 2 aliphatic rings. The van der Waals surface area contributed by atoms with E-state index in [1.807, 2.05) is 6.92 Å². The standard InChI is InChI=1S/C17H26N3O6PS/c1-4-9-27(23,24-3)25-12-17(18-5-2)11-16(7-10-28-16)14(26-17)20-8-6-13(21)19-15(20)22/h5-6,8,14H,4,7,9-12H2,1-3H3,(H,19,21,22)/t14-,16?,17+,27?/m1/s1. The summed E-state index contributed by atoms with van der Waals surface area (Å²) in [6.07, 6.45) is 4.75. The largest absolute Gasteiger partial charge is 0.330 e. The molecule has 0 aromatic carbocycles. The summed E-state index contributed by atoms with van der Waals surface area (Å²) in [5.41, 5.74) is -2.07. The molecule has 1 N–H and O–H groups in total. The molecule has 3 rings (SSSR count). The first-order chi connectivity index (χ1) is 13.3. The van der Waals surface area contributed by atoms with Crippen molar-refractivity contribution < 1.29 is 18.3 Å². The fourth-order valence-corrected chi connectivity index (χ4v) is 6.37. The topological polar surface area (TPSA) is 112 Å². The number of thioether (sulfide) groups is 1. The molecule has 0 bridgehead atoms. The Bertz CT molecular complexity index is 895. The Kier molecular flexibility index (Phi) is 6.36. The molecule has 0 radical (unpaired) electrons. The van der Waals surface area contributed by atoms with Crippen molar-refractivity contribution in [3.05, 3.63) is 33.1 Å². The van der Waals surface area contributed by atoms with E-state index < -0.39 is 30.8 Å². The molecule has 0 amide bonds. The number of aromatic nitrogens is 2.